The van der Waals surface area contributed by atoms with Crippen LogP contribution in [-0.4, -0.2) is 90.7 Å². The van der Waals surface area contributed by atoms with Gasteiger partial charge in [-0.25, -0.2) is 8.42 Å². The highest BCUT2D eigenvalue weighted by molar-refractivity contribution is 7.88. The highest BCUT2D eigenvalue weighted by atomic mass is 32.2. The fraction of sp³-hybridized carbons (Fsp3) is 0.550. The molecule has 1 aromatic rings. The number of nitrogens with zero attached hydrogens (tertiary/aromatic N) is 5. The van der Waals surface area contributed by atoms with Gasteiger partial charge in [-0.15, -0.1) is 0 Å². The quantitative estimate of drug-likeness (QED) is 0.677. The zero-order valence-electron chi connectivity index (χ0n) is 17.1. The molecule has 2 saturated heterocycles. The molecule has 0 spiro atoms. The number of hydrogen-bond donors (Lipinski definition) is 0. The molecule has 0 aliphatic carbocycles. The predicted octanol–water partition coefficient (Wildman–Crippen LogP) is 0.716. The van der Waals surface area contributed by atoms with Gasteiger partial charge in [-0.2, -0.15) is 4.31 Å². The summed E-state index contributed by atoms with van der Waals surface area (Å²) in [7, 11) is -1.69. The number of fused-ring (bicyclic) bond motifs is 1. The molecule has 0 saturated carbocycles. The molecule has 2 fully saturated rings. The molecule has 0 atom stereocenters. The third-order valence-electron chi connectivity index (χ3n) is 5.99. The van der Waals surface area contributed by atoms with E-state index in [1.807, 2.05) is 20.8 Å². The molecular weight excluding hydrogens is 390 g/mol. The van der Waals surface area contributed by atoms with E-state index in [9.17, 15) is 13.2 Å². The highest BCUT2D eigenvalue weighted by Crippen LogP contribution is 2.30. The first-order chi connectivity index (χ1) is 13.8. The van der Waals surface area contributed by atoms with Gasteiger partial charge in [0.2, 0.25) is 10.0 Å². The number of likely N-dealkylation sites (tertiary alicyclic amines) is 1. The monoisotopic (exact) mass is 419 g/mol. The maximum Gasteiger partial charge on any atom is 0.273 e. The van der Waals surface area contributed by atoms with E-state index in [1.165, 1.54) is 16.1 Å². The SMILES string of the molecule is CN(CN1C=C2C(=O)N(C3CCN(Cc4ccccc4)CC3)CN2C1)S(C)(=O)=O. The molecule has 3 heterocycles. The molecular formula is C20H29N5O3S. The molecule has 29 heavy (non-hydrogen) atoms. The molecule has 3 aliphatic heterocycles. The second kappa shape index (κ2) is 7.97. The minimum absolute atomic E-state index is 0.0658. The van der Waals surface area contributed by atoms with Crippen molar-refractivity contribution in [3.63, 3.8) is 0 Å². The predicted molar refractivity (Wildman–Crippen MR) is 111 cm³/mol. The van der Waals surface area contributed by atoms with Crippen molar-refractivity contribution in [3.05, 3.63) is 47.8 Å². The van der Waals surface area contributed by atoms with Crippen LogP contribution < -0.4 is 0 Å². The lowest BCUT2D eigenvalue weighted by atomic mass is 10.0. The van der Waals surface area contributed by atoms with E-state index in [0.29, 0.717) is 19.0 Å². The smallest absolute Gasteiger partial charge is 0.273 e. The maximum atomic E-state index is 12.9. The van der Waals surface area contributed by atoms with Crippen molar-refractivity contribution in [2.45, 2.75) is 25.4 Å². The molecule has 0 unspecified atom stereocenters. The first-order valence-electron chi connectivity index (χ1n) is 10.0. The Kier molecular flexibility index (Phi) is 5.54. The Morgan fingerprint density at radius 1 is 1.10 bits per heavy atom. The van der Waals surface area contributed by atoms with Gasteiger partial charge in [0, 0.05) is 38.9 Å². The summed E-state index contributed by atoms with van der Waals surface area (Å²) in [4.78, 5) is 21.3. The van der Waals surface area contributed by atoms with Gasteiger partial charge in [-0.1, -0.05) is 30.3 Å². The molecule has 0 N–H and O–H groups in total. The number of carbonyl (C=O) groups is 1. The van der Waals surface area contributed by atoms with Crippen molar-refractivity contribution >= 4 is 15.9 Å². The Morgan fingerprint density at radius 2 is 1.79 bits per heavy atom. The van der Waals surface area contributed by atoms with Gasteiger partial charge in [-0.3, -0.25) is 9.69 Å². The summed E-state index contributed by atoms with van der Waals surface area (Å²) in [6, 6.07) is 10.8. The Bertz CT molecular complexity index is 881. The Labute approximate surface area is 173 Å². The largest absolute Gasteiger partial charge is 0.344 e. The van der Waals surface area contributed by atoms with Gasteiger partial charge < -0.3 is 14.7 Å². The first kappa shape index (κ1) is 20.2. The summed E-state index contributed by atoms with van der Waals surface area (Å²) in [5.41, 5.74) is 2.01. The van der Waals surface area contributed by atoms with Gasteiger partial charge >= 0.3 is 0 Å². The third-order valence-corrected chi connectivity index (χ3v) is 7.24. The number of carbonyl (C=O) groups excluding carboxylic acids is 1. The lowest BCUT2D eigenvalue weighted by molar-refractivity contribution is -0.127. The molecule has 9 heteroatoms. The summed E-state index contributed by atoms with van der Waals surface area (Å²) in [6.07, 6.45) is 4.96. The topological polar surface area (TPSA) is 67.4 Å². The van der Waals surface area contributed by atoms with Crippen molar-refractivity contribution in [1.29, 1.82) is 0 Å². The summed E-state index contributed by atoms with van der Waals surface area (Å²) in [5, 5.41) is 0. The Hall–Kier alpha value is -2.10. The minimum atomic E-state index is -3.24. The normalized spacial score (nSPS) is 21.3. The van der Waals surface area contributed by atoms with Crippen LogP contribution in [0.3, 0.4) is 0 Å². The van der Waals surface area contributed by atoms with Gasteiger partial charge in [0.15, 0.2) is 0 Å². The Balaban J connectivity index is 1.31. The summed E-state index contributed by atoms with van der Waals surface area (Å²) in [6.45, 7) is 4.34. The number of amides is 1. The van der Waals surface area contributed by atoms with Gasteiger partial charge in [-0.05, 0) is 18.4 Å². The maximum absolute atomic E-state index is 12.9. The van der Waals surface area contributed by atoms with E-state index in [1.54, 1.807) is 13.2 Å². The van der Waals surface area contributed by atoms with E-state index >= 15 is 0 Å². The van der Waals surface area contributed by atoms with Gasteiger partial charge in [0.25, 0.3) is 5.91 Å². The highest BCUT2D eigenvalue weighted by Gasteiger charge is 2.41. The molecule has 1 aromatic carbocycles. The first-order valence-corrected chi connectivity index (χ1v) is 11.9. The molecule has 0 radical (unpaired) electrons. The van der Waals surface area contributed by atoms with Gasteiger partial charge in [0.05, 0.1) is 26.3 Å². The number of rotatable bonds is 6. The van der Waals surface area contributed by atoms with E-state index in [-0.39, 0.29) is 18.6 Å². The summed E-state index contributed by atoms with van der Waals surface area (Å²) >= 11 is 0. The Morgan fingerprint density at radius 3 is 2.41 bits per heavy atom. The third kappa shape index (κ3) is 4.41. The zero-order chi connectivity index (χ0) is 20.6. The van der Waals surface area contributed by atoms with Crippen LogP contribution in [0.4, 0.5) is 0 Å². The fourth-order valence-corrected chi connectivity index (χ4v) is 4.61. The van der Waals surface area contributed by atoms with Crippen molar-refractivity contribution in [3.8, 4) is 0 Å². The molecule has 1 amide bonds. The standard InChI is InChI=1S/C20H29N5O3S/c1-21(29(2,27)28)14-23-13-19-20(26)25(16-24(19)15-23)18-8-10-22(11-9-18)12-17-6-4-3-5-7-17/h3-7,13,18H,8-12,14-16H2,1-2H3. The average molecular weight is 420 g/mol. The molecule has 158 valence electrons. The van der Waals surface area contributed by atoms with Crippen LogP contribution >= 0.6 is 0 Å². The van der Waals surface area contributed by atoms with Crippen LogP contribution in [0.2, 0.25) is 0 Å². The van der Waals surface area contributed by atoms with Crippen LogP contribution in [0.15, 0.2) is 42.2 Å². The molecule has 8 nitrogen and oxygen atoms in total. The average Bonchev–Trinajstić information content (AvgIpc) is 3.21. The van der Waals surface area contributed by atoms with Crippen LogP contribution in [0, 0.1) is 0 Å². The van der Waals surface area contributed by atoms with Crippen LogP contribution in [0.25, 0.3) is 0 Å². The lowest BCUT2D eigenvalue weighted by Crippen LogP contribution is -2.46. The number of benzene rings is 1. The van der Waals surface area contributed by atoms with Crippen LogP contribution in [0.5, 0.6) is 0 Å². The molecule has 3 aliphatic rings. The number of piperidine rings is 1. The molecule has 0 bridgehead atoms. The van der Waals surface area contributed by atoms with E-state index in [0.717, 1.165) is 32.5 Å². The van der Waals surface area contributed by atoms with Crippen LogP contribution in [-0.2, 0) is 21.4 Å². The molecule has 4 rings (SSSR count). The summed E-state index contributed by atoms with van der Waals surface area (Å²) < 4.78 is 24.5. The van der Waals surface area contributed by atoms with Crippen molar-refractivity contribution < 1.29 is 13.2 Å². The van der Waals surface area contributed by atoms with Crippen molar-refractivity contribution in [1.82, 2.24) is 23.9 Å². The second-order valence-electron chi connectivity index (χ2n) is 8.20. The van der Waals surface area contributed by atoms with E-state index in [4.69, 9.17) is 0 Å². The second-order valence-corrected chi connectivity index (χ2v) is 10.3. The minimum Gasteiger partial charge on any atom is -0.344 e. The zero-order valence-corrected chi connectivity index (χ0v) is 17.9. The van der Waals surface area contributed by atoms with Crippen molar-refractivity contribution in [2.75, 3.05) is 46.4 Å². The molecule has 0 aromatic heterocycles. The number of hydrogen-bond acceptors (Lipinski definition) is 6. The van der Waals surface area contributed by atoms with Gasteiger partial charge in [0.1, 0.15) is 5.70 Å². The number of sulfonamides is 1. The van der Waals surface area contributed by atoms with Crippen molar-refractivity contribution in [2.24, 2.45) is 0 Å². The van der Waals surface area contributed by atoms with Crippen LogP contribution in [0.1, 0.15) is 18.4 Å². The van der Waals surface area contributed by atoms with E-state index in [2.05, 4.69) is 29.2 Å². The summed E-state index contributed by atoms with van der Waals surface area (Å²) in [5.74, 6) is 0.0658. The lowest BCUT2D eigenvalue weighted by Gasteiger charge is -2.36. The fourth-order valence-electron chi connectivity index (χ4n) is 4.26. The van der Waals surface area contributed by atoms with E-state index < -0.39 is 10.0 Å².